The second-order valence-corrected chi connectivity index (χ2v) is 14.8. The Labute approximate surface area is 322 Å². The second kappa shape index (κ2) is 17.8. The van der Waals surface area contributed by atoms with Gasteiger partial charge in [0.25, 0.3) is 0 Å². The Hall–Kier alpha value is -5.40. The minimum Gasteiger partial charge on any atom is -0.444 e. The highest BCUT2D eigenvalue weighted by molar-refractivity contribution is 5.96. The number of anilines is 4. The summed E-state index contributed by atoms with van der Waals surface area (Å²) in [6, 6.07) is 24.8. The molecule has 2 fully saturated rings. The largest absolute Gasteiger partial charge is 0.444 e. The number of hydrogen-bond acceptors (Lipinski definition) is 8. The topological polar surface area (TPSA) is 118 Å². The molecule has 3 amide bonds. The highest BCUT2D eigenvalue weighted by Crippen LogP contribution is 2.34. The van der Waals surface area contributed by atoms with Gasteiger partial charge in [0, 0.05) is 100 Å². The fourth-order valence-electron chi connectivity index (χ4n) is 7.00. The van der Waals surface area contributed by atoms with Crippen molar-refractivity contribution in [3.05, 3.63) is 119 Å². The van der Waals surface area contributed by atoms with Gasteiger partial charge in [-0.1, -0.05) is 36.4 Å². The van der Waals surface area contributed by atoms with Crippen molar-refractivity contribution < 1.29 is 23.1 Å². The summed E-state index contributed by atoms with van der Waals surface area (Å²) in [7, 11) is 0. The SMILES string of the molecule is CC(C)(C)OC(=O)N1CCN(c2cccc(NCc3ccc(F)cc3)c2CN)CC1.O=C1NCc2c(N3CCNCC3)cccc2N1Cc1ccc(F)cc1. The van der Waals surface area contributed by atoms with E-state index in [1.54, 1.807) is 34.1 Å². The van der Waals surface area contributed by atoms with E-state index in [4.69, 9.17) is 10.5 Å². The van der Waals surface area contributed by atoms with Crippen LogP contribution >= 0.6 is 0 Å². The molecule has 4 aromatic rings. The predicted molar refractivity (Wildman–Crippen MR) is 214 cm³/mol. The molecule has 0 aliphatic carbocycles. The average Bonchev–Trinajstić information content (AvgIpc) is 3.19. The van der Waals surface area contributed by atoms with Gasteiger partial charge in [-0.3, -0.25) is 4.90 Å². The number of benzene rings is 4. The summed E-state index contributed by atoms with van der Waals surface area (Å²) in [4.78, 5) is 32.8. The van der Waals surface area contributed by atoms with Gasteiger partial charge in [-0.15, -0.1) is 0 Å². The molecule has 3 heterocycles. The van der Waals surface area contributed by atoms with Gasteiger partial charge in [0.15, 0.2) is 0 Å². The molecule has 4 aromatic carbocycles. The first-order chi connectivity index (χ1) is 26.5. The monoisotopic (exact) mass is 754 g/mol. The lowest BCUT2D eigenvalue weighted by Gasteiger charge is -2.37. The molecule has 5 N–H and O–H groups in total. The molecule has 0 aromatic heterocycles. The maximum atomic E-state index is 13.1. The molecule has 0 atom stereocenters. The molecule has 0 unspecified atom stereocenters. The molecule has 3 aliphatic heterocycles. The zero-order valence-electron chi connectivity index (χ0n) is 31.9. The van der Waals surface area contributed by atoms with Crippen LogP contribution in [0.25, 0.3) is 0 Å². The van der Waals surface area contributed by atoms with E-state index in [9.17, 15) is 18.4 Å². The number of amides is 3. The van der Waals surface area contributed by atoms with E-state index in [0.717, 1.165) is 65.5 Å². The van der Waals surface area contributed by atoms with Crippen molar-refractivity contribution >= 4 is 34.9 Å². The minimum absolute atomic E-state index is 0.116. The zero-order valence-corrected chi connectivity index (χ0v) is 31.9. The van der Waals surface area contributed by atoms with E-state index in [1.807, 2.05) is 45.0 Å². The summed E-state index contributed by atoms with van der Waals surface area (Å²) in [5.41, 5.74) is 13.8. The number of piperazine rings is 2. The van der Waals surface area contributed by atoms with Crippen LogP contribution in [0, 0.1) is 11.6 Å². The minimum atomic E-state index is -0.495. The van der Waals surface area contributed by atoms with Gasteiger partial charge in [0.2, 0.25) is 0 Å². The van der Waals surface area contributed by atoms with Gasteiger partial charge in [-0.05, 0) is 80.4 Å². The van der Waals surface area contributed by atoms with E-state index < -0.39 is 5.60 Å². The highest BCUT2D eigenvalue weighted by Gasteiger charge is 2.29. The number of halogens is 2. The molecule has 11 nitrogen and oxygen atoms in total. The molecule has 55 heavy (non-hydrogen) atoms. The van der Waals surface area contributed by atoms with Crippen LogP contribution in [0.1, 0.15) is 43.0 Å². The fourth-order valence-corrected chi connectivity index (χ4v) is 7.00. The molecule has 3 aliphatic rings. The van der Waals surface area contributed by atoms with Crippen LogP contribution in [0.2, 0.25) is 0 Å². The number of carbonyl (C=O) groups excluding carboxylic acids is 2. The Balaban J connectivity index is 0.000000190. The van der Waals surface area contributed by atoms with Gasteiger partial charge in [-0.2, -0.15) is 0 Å². The molecule has 0 saturated carbocycles. The van der Waals surface area contributed by atoms with E-state index in [2.05, 4.69) is 37.9 Å². The number of hydrogen-bond donors (Lipinski definition) is 4. The molecule has 0 spiro atoms. The molecular weight excluding hydrogens is 703 g/mol. The van der Waals surface area contributed by atoms with Crippen molar-refractivity contribution in [1.29, 1.82) is 0 Å². The molecule has 0 bridgehead atoms. The van der Waals surface area contributed by atoms with Gasteiger partial charge in [0.1, 0.15) is 17.2 Å². The second-order valence-electron chi connectivity index (χ2n) is 14.8. The van der Waals surface area contributed by atoms with Crippen molar-refractivity contribution in [1.82, 2.24) is 15.5 Å². The third-order valence-corrected chi connectivity index (χ3v) is 9.81. The summed E-state index contributed by atoms with van der Waals surface area (Å²) in [5, 5.41) is 9.75. The first-order valence-electron chi connectivity index (χ1n) is 18.9. The number of nitrogens with two attached hydrogens (primary N) is 1. The Morgan fingerprint density at radius 3 is 2.00 bits per heavy atom. The summed E-state index contributed by atoms with van der Waals surface area (Å²) in [6.07, 6.45) is -0.268. The average molecular weight is 755 g/mol. The molecule has 13 heteroatoms. The van der Waals surface area contributed by atoms with Crippen LogP contribution in [0.5, 0.6) is 0 Å². The van der Waals surface area contributed by atoms with Crippen molar-refractivity contribution in [3.63, 3.8) is 0 Å². The molecule has 7 rings (SSSR count). The van der Waals surface area contributed by atoms with Crippen LogP contribution < -0.4 is 36.4 Å². The highest BCUT2D eigenvalue weighted by atomic mass is 19.1. The first-order valence-corrected chi connectivity index (χ1v) is 18.9. The van der Waals surface area contributed by atoms with Crippen LogP contribution in [-0.2, 0) is 30.9 Å². The van der Waals surface area contributed by atoms with Crippen molar-refractivity contribution in [2.45, 2.75) is 52.6 Å². The number of nitrogens with zero attached hydrogens (tertiary/aromatic N) is 4. The summed E-state index contributed by atoms with van der Waals surface area (Å²) in [5.74, 6) is -0.512. The first kappa shape index (κ1) is 39.3. The van der Waals surface area contributed by atoms with Crippen LogP contribution in [0.4, 0.5) is 41.1 Å². The number of ether oxygens (including phenoxy) is 1. The molecule has 2 saturated heterocycles. The summed E-state index contributed by atoms with van der Waals surface area (Å²) >= 11 is 0. The lowest BCUT2D eigenvalue weighted by atomic mass is 10.0. The van der Waals surface area contributed by atoms with E-state index in [1.165, 1.54) is 30.0 Å². The Morgan fingerprint density at radius 2 is 1.36 bits per heavy atom. The number of fused-ring (bicyclic) bond motifs is 1. The Morgan fingerprint density at radius 1 is 0.782 bits per heavy atom. The standard InChI is InChI=1S/C23H31FN4O2.C19H21FN4O/c1-23(2,3)30-22(29)28-13-11-27(12-14-28)21-6-4-5-20(19(21)15-25)26-16-17-7-9-18(24)10-8-17;20-15-6-4-14(5-7-15)13-24-18-3-1-2-17(16(18)12-22-19(24)25)23-10-8-21-9-11-23/h4-10,26H,11-16,25H2,1-3H3;1-7,21H,8-13H2,(H,22,25). The van der Waals surface area contributed by atoms with Crippen molar-refractivity contribution in [3.8, 4) is 0 Å². The Bertz CT molecular complexity index is 1910. The van der Waals surface area contributed by atoms with E-state index >= 15 is 0 Å². The fraction of sp³-hybridized carbons (Fsp3) is 0.381. The van der Waals surface area contributed by atoms with Gasteiger partial charge in [0.05, 0.1) is 12.2 Å². The van der Waals surface area contributed by atoms with Crippen molar-refractivity contribution in [2.24, 2.45) is 5.73 Å². The molecule has 292 valence electrons. The summed E-state index contributed by atoms with van der Waals surface area (Å²) < 4.78 is 31.7. The van der Waals surface area contributed by atoms with Crippen LogP contribution in [0.15, 0.2) is 84.9 Å². The summed E-state index contributed by atoms with van der Waals surface area (Å²) in [6.45, 7) is 14.1. The van der Waals surface area contributed by atoms with Crippen LogP contribution in [0.3, 0.4) is 0 Å². The Kier molecular flexibility index (Phi) is 12.7. The maximum Gasteiger partial charge on any atom is 0.410 e. The maximum absolute atomic E-state index is 13.1. The third-order valence-electron chi connectivity index (χ3n) is 9.81. The van der Waals surface area contributed by atoms with Gasteiger partial charge >= 0.3 is 12.1 Å². The van der Waals surface area contributed by atoms with E-state index in [-0.39, 0.29) is 23.8 Å². The quantitative estimate of drug-likeness (QED) is 0.163. The number of urea groups is 1. The smallest absolute Gasteiger partial charge is 0.410 e. The van der Waals surface area contributed by atoms with Crippen LogP contribution in [-0.4, -0.2) is 75.0 Å². The third kappa shape index (κ3) is 10.2. The van der Waals surface area contributed by atoms with Crippen molar-refractivity contribution in [2.75, 3.05) is 72.4 Å². The van der Waals surface area contributed by atoms with Gasteiger partial charge in [-0.25, -0.2) is 18.4 Å². The zero-order chi connectivity index (χ0) is 39.0. The molecular formula is C42H52F2N8O3. The normalized spacial score (nSPS) is 15.8. The lowest BCUT2D eigenvalue weighted by Crippen LogP contribution is -2.50. The number of nitrogens with one attached hydrogen (secondary N) is 3. The number of rotatable bonds is 8. The number of carbonyl (C=O) groups is 2. The van der Waals surface area contributed by atoms with Gasteiger partial charge < -0.3 is 41.1 Å². The molecule has 0 radical (unpaired) electrons. The van der Waals surface area contributed by atoms with E-state index in [0.29, 0.717) is 52.4 Å². The lowest BCUT2D eigenvalue weighted by molar-refractivity contribution is 0.0240. The predicted octanol–water partition coefficient (Wildman–Crippen LogP) is 6.42.